The van der Waals surface area contributed by atoms with Crippen LogP contribution in [0.1, 0.15) is 33.7 Å². The number of fused-ring (bicyclic) bond motifs is 1. The molecule has 168 valence electrons. The van der Waals surface area contributed by atoms with Gasteiger partial charge >= 0.3 is 6.36 Å². The summed E-state index contributed by atoms with van der Waals surface area (Å²) in [5.41, 5.74) is 3.56. The molecule has 1 atom stereocenters. The van der Waals surface area contributed by atoms with Crippen LogP contribution in [0.3, 0.4) is 0 Å². The van der Waals surface area contributed by atoms with E-state index in [-0.39, 0.29) is 17.7 Å². The fourth-order valence-electron chi connectivity index (χ4n) is 4.12. The molecule has 0 radical (unpaired) electrons. The van der Waals surface area contributed by atoms with E-state index in [1.807, 2.05) is 28.4 Å². The number of carbonyl (C=O) groups is 1. The lowest BCUT2D eigenvalue weighted by Crippen LogP contribution is -2.39. The highest BCUT2D eigenvalue weighted by Gasteiger charge is 2.32. The smallest absolute Gasteiger partial charge is 0.406 e. The van der Waals surface area contributed by atoms with E-state index < -0.39 is 6.36 Å². The van der Waals surface area contributed by atoms with E-state index in [2.05, 4.69) is 15.2 Å². The van der Waals surface area contributed by atoms with Crippen LogP contribution in [0.2, 0.25) is 0 Å². The van der Waals surface area contributed by atoms with E-state index in [0.29, 0.717) is 18.7 Å². The summed E-state index contributed by atoms with van der Waals surface area (Å²) in [5.74, 6) is 1.70. The zero-order valence-corrected chi connectivity index (χ0v) is 18.1. The third-order valence-corrected chi connectivity index (χ3v) is 6.65. The van der Waals surface area contributed by atoms with Crippen molar-refractivity contribution in [2.45, 2.75) is 38.2 Å². The zero-order valence-electron chi connectivity index (χ0n) is 17.2. The van der Waals surface area contributed by atoms with E-state index >= 15 is 0 Å². The highest BCUT2D eigenvalue weighted by molar-refractivity contribution is 7.99. The molecular weight excluding hydrogens is 429 g/mol. The molecule has 1 fully saturated rings. The first kappa shape index (κ1) is 22.0. The summed E-state index contributed by atoms with van der Waals surface area (Å²) in [6.45, 7) is 2.04. The van der Waals surface area contributed by atoms with Crippen molar-refractivity contribution in [3.8, 4) is 5.75 Å². The van der Waals surface area contributed by atoms with Crippen LogP contribution in [0.15, 0.2) is 24.3 Å². The minimum absolute atomic E-state index is 0.0121. The number of benzene rings is 1. The lowest BCUT2D eigenvalue weighted by molar-refractivity contribution is -0.274. The number of alkyl halides is 3. The van der Waals surface area contributed by atoms with Crippen LogP contribution in [0.25, 0.3) is 0 Å². The number of nitrogens with zero attached hydrogens (tertiary/aromatic N) is 3. The number of ether oxygens (including phenoxy) is 1. The summed E-state index contributed by atoms with van der Waals surface area (Å²) in [5, 5.41) is 8.02. The first-order valence-corrected chi connectivity index (χ1v) is 11.5. The van der Waals surface area contributed by atoms with E-state index in [9.17, 15) is 18.0 Å². The Bertz CT molecular complexity index is 924. The molecule has 1 aromatic carbocycles. The van der Waals surface area contributed by atoms with Crippen LogP contribution in [0, 0.1) is 0 Å². The Balaban J connectivity index is 1.39. The molecule has 1 unspecified atom stereocenters. The molecule has 0 spiro atoms. The summed E-state index contributed by atoms with van der Waals surface area (Å²) >= 11 is 1.86. The van der Waals surface area contributed by atoms with Gasteiger partial charge in [0.2, 0.25) is 0 Å². The van der Waals surface area contributed by atoms with Crippen LogP contribution < -0.4 is 10.1 Å². The zero-order chi connectivity index (χ0) is 22.0. The van der Waals surface area contributed by atoms with Gasteiger partial charge < -0.3 is 15.0 Å². The van der Waals surface area contributed by atoms with Gasteiger partial charge in [-0.05, 0) is 37.0 Å². The molecule has 0 saturated carbocycles. The number of nitrogens with one attached hydrogen (secondary N) is 1. The van der Waals surface area contributed by atoms with Crippen molar-refractivity contribution in [2.24, 2.45) is 7.05 Å². The first-order chi connectivity index (χ1) is 14.8. The summed E-state index contributed by atoms with van der Waals surface area (Å²) in [6, 6.07) is 6.05. The van der Waals surface area contributed by atoms with Crippen molar-refractivity contribution in [1.29, 1.82) is 0 Å². The molecule has 4 rings (SSSR count). The van der Waals surface area contributed by atoms with E-state index in [1.54, 1.807) is 12.1 Å². The van der Waals surface area contributed by atoms with Gasteiger partial charge in [-0.1, -0.05) is 12.1 Å². The Kier molecular flexibility index (Phi) is 6.47. The maximum Gasteiger partial charge on any atom is 0.573 e. The quantitative estimate of drug-likeness (QED) is 0.752. The largest absolute Gasteiger partial charge is 0.573 e. The fraction of sp³-hybridized carbons (Fsp3) is 0.524. The minimum Gasteiger partial charge on any atom is -0.406 e. The number of rotatable bonds is 5. The van der Waals surface area contributed by atoms with Crippen molar-refractivity contribution in [2.75, 3.05) is 24.6 Å². The first-order valence-electron chi connectivity index (χ1n) is 10.3. The third-order valence-electron chi connectivity index (χ3n) is 5.71. The van der Waals surface area contributed by atoms with E-state index in [1.165, 1.54) is 12.1 Å². The average molecular weight is 455 g/mol. The monoisotopic (exact) mass is 454 g/mol. The SMILES string of the molecule is Cn1nc(C(=O)N2CCSCC2)c2c1CCC(NCc1ccc(OC(F)(F)F)cc1)C2. The standard InChI is InChI=1S/C21H25F3N4O2S/c1-27-18-7-4-15(25-13-14-2-5-16(6-3-14)30-21(22,23)24)12-17(18)19(26-27)20(29)28-8-10-31-11-9-28/h2-3,5-6,15,25H,4,7-13H2,1H3. The molecule has 1 N–H and O–H groups in total. The third kappa shape index (κ3) is 5.35. The Morgan fingerprint density at radius 2 is 1.97 bits per heavy atom. The molecule has 1 amide bonds. The number of halogens is 3. The number of hydrogen-bond acceptors (Lipinski definition) is 5. The molecule has 2 heterocycles. The second kappa shape index (κ2) is 9.12. The number of hydrogen-bond donors (Lipinski definition) is 1. The van der Waals surface area contributed by atoms with Gasteiger partial charge in [-0.25, -0.2) is 0 Å². The van der Waals surface area contributed by atoms with Crippen molar-refractivity contribution in [3.63, 3.8) is 0 Å². The average Bonchev–Trinajstić information content (AvgIpc) is 3.08. The van der Waals surface area contributed by atoms with E-state index in [0.717, 1.165) is 54.3 Å². The summed E-state index contributed by atoms with van der Waals surface area (Å²) < 4.78 is 42.6. The Morgan fingerprint density at radius 1 is 1.26 bits per heavy atom. The molecular formula is C21H25F3N4O2S. The van der Waals surface area contributed by atoms with Gasteiger partial charge in [0.1, 0.15) is 5.75 Å². The molecule has 6 nitrogen and oxygen atoms in total. The molecule has 1 aliphatic carbocycles. The van der Waals surface area contributed by atoms with Crippen molar-refractivity contribution >= 4 is 17.7 Å². The number of amides is 1. The highest BCUT2D eigenvalue weighted by Crippen LogP contribution is 2.27. The van der Waals surface area contributed by atoms with Gasteiger partial charge in [0.15, 0.2) is 5.69 Å². The van der Waals surface area contributed by atoms with Gasteiger partial charge in [-0.3, -0.25) is 9.48 Å². The van der Waals surface area contributed by atoms with Crippen molar-refractivity contribution < 1.29 is 22.7 Å². The molecule has 2 aromatic rings. The van der Waals surface area contributed by atoms with Gasteiger partial charge in [-0.15, -0.1) is 13.2 Å². The predicted octanol–water partition coefficient (Wildman–Crippen LogP) is 3.15. The Hall–Kier alpha value is -2.20. The maximum atomic E-state index is 13.0. The fourth-order valence-corrected chi connectivity index (χ4v) is 5.03. The highest BCUT2D eigenvalue weighted by atomic mass is 32.2. The summed E-state index contributed by atoms with van der Waals surface area (Å²) in [7, 11) is 1.89. The minimum atomic E-state index is -4.69. The Morgan fingerprint density at radius 3 is 2.65 bits per heavy atom. The number of aromatic nitrogens is 2. The molecule has 1 saturated heterocycles. The topological polar surface area (TPSA) is 59.4 Å². The van der Waals surface area contributed by atoms with Gasteiger partial charge in [0.25, 0.3) is 5.91 Å². The molecule has 31 heavy (non-hydrogen) atoms. The van der Waals surface area contributed by atoms with Crippen LogP contribution in [-0.2, 0) is 26.4 Å². The summed E-state index contributed by atoms with van der Waals surface area (Å²) in [4.78, 5) is 14.9. The molecule has 2 aliphatic rings. The maximum absolute atomic E-state index is 13.0. The lowest BCUT2D eigenvalue weighted by Gasteiger charge is -2.27. The van der Waals surface area contributed by atoms with Gasteiger partial charge in [0, 0.05) is 55.5 Å². The van der Waals surface area contributed by atoms with Gasteiger partial charge in [-0.2, -0.15) is 16.9 Å². The lowest BCUT2D eigenvalue weighted by atomic mass is 9.91. The normalized spacial score (nSPS) is 19.2. The molecule has 0 bridgehead atoms. The van der Waals surface area contributed by atoms with Crippen LogP contribution >= 0.6 is 11.8 Å². The van der Waals surface area contributed by atoms with Crippen LogP contribution in [0.4, 0.5) is 13.2 Å². The number of aryl methyl sites for hydroxylation is 1. The second-order valence-electron chi connectivity index (χ2n) is 7.81. The summed E-state index contributed by atoms with van der Waals surface area (Å²) in [6.07, 6.45) is -2.23. The Labute approximate surface area is 183 Å². The molecule has 1 aliphatic heterocycles. The molecule has 10 heteroatoms. The second-order valence-corrected chi connectivity index (χ2v) is 9.04. The van der Waals surface area contributed by atoms with Crippen LogP contribution in [-0.4, -0.2) is 57.6 Å². The molecule has 1 aromatic heterocycles. The predicted molar refractivity (Wildman–Crippen MR) is 112 cm³/mol. The van der Waals surface area contributed by atoms with E-state index in [4.69, 9.17) is 0 Å². The number of carbonyl (C=O) groups excluding carboxylic acids is 1. The van der Waals surface area contributed by atoms with Crippen LogP contribution in [0.5, 0.6) is 5.75 Å². The van der Waals surface area contributed by atoms with Crippen molar-refractivity contribution in [3.05, 3.63) is 46.8 Å². The van der Waals surface area contributed by atoms with Gasteiger partial charge in [0.05, 0.1) is 0 Å². The number of thioether (sulfide) groups is 1. The van der Waals surface area contributed by atoms with Crippen molar-refractivity contribution in [1.82, 2.24) is 20.0 Å².